The molecule has 1 heterocycles. The zero-order valence-electron chi connectivity index (χ0n) is 16.4. The first-order valence-electron chi connectivity index (χ1n) is 8.90. The van der Waals surface area contributed by atoms with Gasteiger partial charge >= 0.3 is 5.97 Å². The number of hydrogen-bond acceptors (Lipinski definition) is 6. The number of hydrogen-bond donors (Lipinski definition) is 1. The molecule has 1 N–H and O–H groups in total. The normalized spacial score (nSPS) is 11.8. The third-order valence-corrected chi connectivity index (χ3v) is 4.77. The number of rotatable bonds is 8. The highest BCUT2D eigenvalue weighted by atomic mass is 32.2. The summed E-state index contributed by atoms with van der Waals surface area (Å²) in [5.74, 6) is -1.20. The Labute approximate surface area is 168 Å². The van der Waals surface area contributed by atoms with Gasteiger partial charge in [0.05, 0.1) is 0 Å². The van der Waals surface area contributed by atoms with Crippen LogP contribution in [0.15, 0.2) is 29.4 Å². The summed E-state index contributed by atoms with van der Waals surface area (Å²) in [6, 6.07) is 5.82. The molecular formula is C20H24FN3O3S. The van der Waals surface area contributed by atoms with E-state index in [4.69, 9.17) is 4.74 Å². The molecule has 28 heavy (non-hydrogen) atoms. The first-order chi connectivity index (χ1) is 13.3. The van der Waals surface area contributed by atoms with Crippen molar-refractivity contribution in [3.05, 3.63) is 52.6 Å². The van der Waals surface area contributed by atoms with Crippen molar-refractivity contribution in [2.75, 3.05) is 6.26 Å². The zero-order valence-corrected chi connectivity index (χ0v) is 17.2. The van der Waals surface area contributed by atoms with Crippen molar-refractivity contribution in [3.8, 4) is 0 Å². The number of carbonyl (C=O) groups is 2. The maximum Gasteiger partial charge on any atom is 0.306 e. The zero-order chi connectivity index (χ0) is 20.7. The topological polar surface area (TPSA) is 81.2 Å². The molecule has 0 saturated heterocycles. The number of aromatic nitrogens is 2. The minimum absolute atomic E-state index is 0.138. The van der Waals surface area contributed by atoms with E-state index in [0.717, 1.165) is 22.5 Å². The fourth-order valence-corrected chi connectivity index (χ4v) is 3.09. The minimum Gasteiger partial charge on any atom is -0.453 e. The summed E-state index contributed by atoms with van der Waals surface area (Å²) in [6.45, 7) is 5.53. The number of carbonyl (C=O) groups excluding carboxylic acids is 2. The Balaban J connectivity index is 1.82. The van der Waals surface area contributed by atoms with Crippen LogP contribution in [0.2, 0.25) is 0 Å². The van der Waals surface area contributed by atoms with Crippen LogP contribution >= 0.6 is 11.8 Å². The predicted octanol–water partition coefficient (Wildman–Crippen LogP) is 3.14. The average molecular weight is 405 g/mol. The summed E-state index contributed by atoms with van der Waals surface area (Å²) in [7, 11) is 0. The highest BCUT2D eigenvalue weighted by molar-refractivity contribution is 7.98. The van der Waals surface area contributed by atoms with Crippen molar-refractivity contribution in [1.82, 2.24) is 15.3 Å². The second-order valence-electron chi connectivity index (χ2n) is 6.34. The van der Waals surface area contributed by atoms with Crippen molar-refractivity contribution in [2.24, 2.45) is 0 Å². The smallest absolute Gasteiger partial charge is 0.306 e. The van der Waals surface area contributed by atoms with Crippen LogP contribution in [0.25, 0.3) is 0 Å². The van der Waals surface area contributed by atoms with Crippen LogP contribution < -0.4 is 5.32 Å². The van der Waals surface area contributed by atoms with Crippen molar-refractivity contribution in [3.63, 3.8) is 0 Å². The van der Waals surface area contributed by atoms with E-state index in [2.05, 4.69) is 15.3 Å². The number of halogens is 1. The summed E-state index contributed by atoms with van der Waals surface area (Å²) in [5, 5.41) is 3.37. The number of thioether (sulfide) groups is 1. The molecule has 1 atom stereocenters. The molecular weight excluding hydrogens is 381 g/mol. The van der Waals surface area contributed by atoms with E-state index < -0.39 is 18.0 Å². The van der Waals surface area contributed by atoms with Crippen molar-refractivity contribution >= 4 is 23.6 Å². The Hall–Kier alpha value is -2.48. The average Bonchev–Trinajstić information content (AvgIpc) is 2.66. The maximum atomic E-state index is 12.9. The molecule has 0 radical (unpaired) electrons. The molecule has 2 rings (SSSR count). The highest BCUT2D eigenvalue weighted by Crippen LogP contribution is 2.17. The fourth-order valence-electron chi connectivity index (χ4n) is 2.63. The third kappa shape index (κ3) is 6.30. The Morgan fingerprint density at radius 2 is 1.79 bits per heavy atom. The standard InChI is InChI=1S/C20H24FN3O3S/c1-12-17(13(2)24-20(23-12)28-4)9-10-18(25)27-14(3)19(26)22-11-15-5-7-16(21)8-6-15/h5-8,14H,9-11H2,1-4H3,(H,22,26)/t14-/m1/s1. The summed E-state index contributed by atoms with van der Waals surface area (Å²) in [4.78, 5) is 33.0. The van der Waals surface area contributed by atoms with Gasteiger partial charge in [0, 0.05) is 24.4 Å². The van der Waals surface area contributed by atoms with E-state index >= 15 is 0 Å². The Morgan fingerprint density at radius 3 is 2.36 bits per heavy atom. The molecule has 8 heteroatoms. The van der Waals surface area contributed by atoms with Gasteiger partial charge in [-0.25, -0.2) is 14.4 Å². The van der Waals surface area contributed by atoms with E-state index in [9.17, 15) is 14.0 Å². The van der Waals surface area contributed by atoms with Crippen LogP contribution in [0.4, 0.5) is 4.39 Å². The molecule has 6 nitrogen and oxygen atoms in total. The van der Waals surface area contributed by atoms with Crippen LogP contribution in [-0.2, 0) is 27.3 Å². The van der Waals surface area contributed by atoms with Crippen LogP contribution in [0.3, 0.4) is 0 Å². The second kappa shape index (κ2) is 10.2. The van der Waals surface area contributed by atoms with E-state index in [-0.39, 0.29) is 18.8 Å². The number of nitrogens with one attached hydrogen (secondary N) is 1. The lowest BCUT2D eigenvalue weighted by atomic mass is 10.1. The summed E-state index contributed by atoms with van der Waals surface area (Å²) < 4.78 is 18.1. The van der Waals surface area contributed by atoms with Gasteiger partial charge in [0.15, 0.2) is 11.3 Å². The van der Waals surface area contributed by atoms with Gasteiger partial charge in [-0.3, -0.25) is 9.59 Å². The quantitative estimate of drug-likeness (QED) is 0.413. The van der Waals surface area contributed by atoms with Crippen molar-refractivity contribution in [1.29, 1.82) is 0 Å². The SMILES string of the molecule is CSc1nc(C)c(CCC(=O)O[C@H](C)C(=O)NCc2ccc(F)cc2)c(C)n1. The van der Waals surface area contributed by atoms with Crippen LogP contribution in [0, 0.1) is 19.7 Å². The molecule has 0 aliphatic carbocycles. The lowest BCUT2D eigenvalue weighted by Crippen LogP contribution is -2.35. The largest absolute Gasteiger partial charge is 0.453 e. The van der Waals surface area contributed by atoms with Gasteiger partial charge in [-0.2, -0.15) is 0 Å². The number of benzene rings is 1. The minimum atomic E-state index is -0.912. The Morgan fingerprint density at radius 1 is 1.18 bits per heavy atom. The van der Waals surface area contributed by atoms with Crippen LogP contribution in [0.5, 0.6) is 0 Å². The summed E-state index contributed by atoms with van der Waals surface area (Å²) >= 11 is 1.47. The molecule has 0 fully saturated rings. The molecule has 1 amide bonds. The summed E-state index contributed by atoms with van der Waals surface area (Å²) in [5.41, 5.74) is 3.36. The van der Waals surface area contributed by atoms with Gasteiger partial charge in [0.1, 0.15) is 5.82 Å². The second-order valence-corrected chi connectivity index (χ2v) is 7.11. The van der Waals surface area contributed by atoms with Crippen molar-refractivity contribution in [2.45, 2.75) is 51.4 Å². The molecule has 1 aromatic carbocycles. The molecule has 0 aliphatic heterocycles. The fraction of sp³-hybridized carbons (Fsp3) is 0.400. The molecule has 0 unspecified atom stereocenters. The van der Waals surface area contributed by atoms with Crippen molar-refractivity contribution < 1.29 is 18.7 Å². The van der Waals surface area contributed by atoms with Gasteiger partial charge in [0.25, 0.3) is 5.91 Å². The van der Waals surface area contributed by atoms with Gasteiger partial charge in [0.2, 0.25) is 0 Å². The van der Waals surface area contributed by atoms with Gasteiger partial charge in [-0.05, 0) is 56.7 Å². The third-order valence-electron chi connectivity index (χ3n) is 4.22. The van der Waals surface area contributed by atoms with Crippen LogP contribution in [-0.4, -0.2) is 34.2 Å². The van der Waals surface area contributed by atoms with E-state index in [0.29, 0.717) is 11.6 Å². The molecule has 2 aromatic rings. The van der Waals surface area contributed by atoms with E-state index in [1.807, 2.05) is 20.1 Å². The van der Waals surface area contributed by atoms with Gasteiger partial charge in [-0.1, -0.05) is 23.9 Å². The number of amides is 1. The molecule has 0 aliphatic rings. The number of aryl methyl sites for hydroxylation is 2. The molecule has 0 saturated carbocycles. The highest BCUT2D eigenvalue weighted by Gasteiger charge is 2.18. The molecule has 0 spiro atoms. The number of esters is 1. The Bertz CT molecular complexity index is 820. The predicted molar refractivity (Wildman–Crippen MR) is 105 cm³/mol. The monoisotopic (exact) mass is 405 g/mol. The maximum absolute atomic E-state index is 12.9. The first-order valence-corrected chi connectivity index (χ1v) is 10.1. The summed E-state index contributed by atoms with van der Waals surface area (Å²) in [6.07, 6.45) is 1.59. The lowest BCUT2D eigenvalue weighted by molar-refractivity contribution is -0.154. The van der Waals surface area contributed by atoms with E-state index in [1.54, 1.807) is 12.1 Å². The van der Waals surface area contributed by atoms with E-state index in [1.165, 1.54) is 30.8 Å². The molecule has 0 bridgehead atoms. The van der Waals surface area contributed by atoms with Gasteiger partial charge in [-0.15, -0.1) is 0 Å². The molecule has 1 aromatic heterocycles. The number of nitrogens with zero attached hydrogens (tertiary/aromatic N) is 2. The van der Waals surface area contributed by atoms with Gasteiger partial charge < -0.3 is 10.1 Å². The van der Waals surface area contributed by atoms with Crippen LogP contribution in [0.1, 0.15) is 35.9 Å². The Kier molecular flexibility index (Phi) is 7.92. The number of ether oxygens (including phenoxy) is 1. The first kappa shape index (κ1) is 21.8. The lowest BCUT2D eigenvalue weighted by Gasteiger charge is -2.14. The molecule has 150 valence electrons.